The molecule has 1 fully saturated rings. The first kappa shape index (κ1) is 22.0. The van der Waals surface area contributed by atoms with Gasteiger partial charge in [0.25, 0.3) is 0 Å². The van der Waals surface area contributed by atoms with Crippen molar-refractivity contribution in [2.45, 2.75) is 25.3 Å². The fourth-order valence-corrected chi connectivity index (χ4v) is 4.25. The number of piperidine rings is 1. The summed E-state index contributed by atoms with van der Waals surface area (Å²) in [4.78, 5) is 28.0. The number of benzene rings is 2. The van der Waals surface area contributed by atoms with Crippen LogP contribution in [0.4, 0.5) is 5.69 Å². The van der Waals surface area contributed by atoms with E-state index in [4.69, 9.17) is 18.9 Å². The number of amides is 2. The van der Waals surface area contributed by atoms with Gasteiger partial charge in [-0.2, -0.15) is 0 Å². The number of nitrogens with one attached hydrogen (secondary N) is 1. The summed E-state index contributed by atoms with van der Waals surface area (Å²) < 4.78 is 21.3. The van der Waals surface area contributed by atoms with Crippen LogP contribution in [-0.2, 0) is 14.3 Å². The molecular weight excluding hydrogens is 412 g/mol. The van der Waals surface area contributed by atoms with Crippen LogP contribution in [0.15, 0.2) is 42.5 Å². The highest BCUT2D eigenvalue weighted by Gasteiger charge is 2.41. The number of methoxy groups -OCH3 is 2. The second kappa shape index (κ2) is 9.91. The first-order valence-corrected chi connectivity index (χ1v) is 10.7. The molecule has 0 radical (unpaired) electrons. The van der Waals surface area contributed by atoms with Gasteiger partial charge in [0.2, 0.25) is 18.6 Å². The van der Waals surface area contributed by atoms with Gasteiger partial charge in [0.15, 0.2) is 11.5 Å². The van der Waals surface area contributed by atoms with Crippen LogP contribution in [0, 0.1) is 5.92 Å². The molecule has 0 aliphatic carbocycles. The molecule has 2 atom stereocenters. The van der Waals surface area contributed by atoms with Gasteiger partial charge in [-0.1, -0.05) is 12.1 Å². The topological polar surface area (TPSA) is 86.3 Å². The number of rotatable bonds is 8. The van der Waals surface area contributed by atoms with Gasteiger partial charge in [-0.15, -0.1) is 0 Å². The van der Waals surface area contributed by atoms with Gasteiger partial charge in [-0.05, 0) is 42.7 Å². The number of hydrogen-bond acceptors (Lipinski definition) is 6. The fraction of sp³-hybridized carbons (Fsp3) is 0.417. The second-order valence-electron chi connectivity index (χ2n) is 7.80. The molecule has 0 saturated carbocycles. The molecule has 170 valence electrons. The Kier molecular flexibility index (Phi) is 6.80. The van der Waals surface area contributed by atoms with E-state index in [1.54, 1.807) is 31.3 Å². The second-order valence-corrected chi connectivity index (χ2v) is 7.80. The number of ether oxygens (including phenoxy) is 4. The lowest BCUT2D eigenvalue weighted by Gasteiger charge is -2.41. The van der Waals surface area contributed by atoms with E-state index in [-0.39, 0.29) is 25.0 Å². The third-order valence-corrected chi connectivity index (χ3v) is 5.85. The molecular formula is C24H28N2O6. The van der Waals surface area contributed by atoms with E-state index in [1.807, 2.05) is 30.3 Å². The van der Waals surface area contributed by atoms with Crippen molar-refractivity contribution in [1.29, 1.82) is 0 Å². The zero-order valence-corrected chi connectivity index (χ0v) is 18.3. The van der Waals surface area contributed by atoms with E-state index < -0.39 is 12.0 Å². The summed E-state index contributed by atoms with van der Waals surface area (Å²) >= 11 is 0. The van der Waals surface area contributed by atoms with Gasteiger partial charge in [-0.25, -0.2) is 0 Å². The largest absolute Gasteiger partial charge is 0.497 e. The smallest absolute Gasteiger partial charge is 0.231 e. The van der Waals surface area contributed by atoms with E-state index in [2.05, 4.69) is 5.32 Å². The van der Waals surface area contributed by atoms with Crippen LogP contribution >= 0.6 is 0 Å². The van der Waals surface area contributed by atoms with Crippen LogP contribution in [0.5, 0.6) is 17.2 Å². The first-order chi connectivity index (χ1) is 15.6. The Balaban J connectivity index is 1.68. The Morgan fingerprint density at radius 1 is 1.12 bits per heavy atom. The molecule has 2 aromatic rings. The molecule has 2 aromatic carbocycles. The Bertz CT molecular complexity index is 961. The highest BCUT2D eigenvalue weighted by atomic mass is 16.7. The number of nitrogens with zero attached hydrogens (tertiary/aromatic N) is 1. The van der Waals surface area contributed by atoms with Crippen molar-refractivity contribution < 1.29 is 28.5 Å². The predicted molar refractivity (Wildman–Crippen MR) is 118 cm³/mol. The van der Waals surface area contributed by atoms with E-state index in [9.17, 15) is 9.59 Å². The standard InChI is InChI=1S/C24H28N2O6/c1-29-13-3-12-25-24(28)19-9-11-22(27)26(17-6-10-20-21(14-17)32-15-31-20)23(19)16-4-7-18(30-2)8-5-16/h4-8,10,14,19,23H,3,9,11-13,15H2,1-2H3,(H,25,28)/t19-,23+/m1/s1. The molecule has 0 spiro atoms. The Hall–Kier alpha value is -3.26. The SMILES string of the molecule is COCCCNC(=O)[C@@H]1CCC(=O)N(c2ccc3c(c2)OCO3)[C@H]1c1ccc(OC)cc1. The lowest BCUT2D eigenvalue weighted by atomic mass is 9.83. The summed E-state index contributed by atoms with van der Waals surface area (Å²) in [5.74, 6) is 1.45. The van der Waals surface area contributed by atoms with Crippen molar-refractivity contribution in [2.75, 3.05) is 39.1 Å². The number of anilines is 1. The Labute approximate surface area is 187 Å². The molecule has 1 saturated heterocycles. The van der Waals surface area contributed by atoms with Gasteiger partial charge in [-0.3, -0.25) is 9.59 Å². The first-order valence-electron chi connectivity index (χ1n) is 10.7. The summed E-state index contributed by atoms with van der Waals surface area (Å²) in [7, 11) is 3.24. The fourth-order valence-electron chi connectivity index (χ4n) is 4.25. The summed E-state index contributed by atoms with van der Waals surface area (Å²) in [5.41, 5.74) is 1.55. The average molecular weight is 440 g/mol. The van der Waals surface area contributed by atoms with Crippen LogP contribution < -0.4 is 24.4 Å². The highest BCUT2D eigenvalue weighted by molar-refractivity contribution is 5.97. The van der Waals surface area contributed by atoms with Crippen molar-refractivity contribution in [3.8, 4) is 17.2 Å². The van der Waals surface area contributed by atoms with Crippen molar-refractivity contribution in [1.82, 2.24) is 5.32 Å². The average Bonchev–Trinajstić information content (AvgIpc) is 3.29. The summed E-state index contributed by atoms with van der Waals surface area (Å²) in [6.07, 6.45) is 1.50. The Morgan fingerprint density at radius 2 is 1.91 bits per heavy atom. The lowest BCUT2D eigenvalue weighted by Crippen LogP contribution is -2.48. The van der Waals surface area contributed by atoms with Crippen molar-refractivity contribution >= 4 is 17.5 Å². The molecule has 2 aliphatic rings. The normalized spacial score (nSPS) is 19.7. The third kappa shape index (κ3) is 4.50. The minimum absolute atomic E-state index is 0.0342. The highest BCUT2D eigenvalue weighted by Crippen LogP contribution is 2.43. The third-order valence-electron chi connectivity index (χ3n) is 5.85. The van der Waals surface area contributed by atoms with Crippen LogP contribution in [0.2, 0.25) is 0 Å². The molecule has 32 heavy (non-hydrogen) atoms. The number of fused-ring (bicyclic) bond motifs is 1. The zero-order valence-electron chi connectivity index (χ0n) is 18.3. The molecule has 4 rings (SSSR count). The summed E-state index contributed by atoms with van der Waals surface area (Å²) in [6, 6.07) is 12.5. The van der Waals surface area contributed by atoms with E-state index in [1.165, 1.54) is 0 Å². The summed E-state index contributed by atoms with van der Waals surface area (Å²) in [6.45, 7) is 1.26. The monoisotopic (exact) mass is 440 g/mol. The van der Waals surface area contributed by atoms with Crippen LogP contribution in [0.25, 0.3) is 0 Å². The van der Waals surface area contributed by atoms with Crippen LogP contribution in [0.1, 0.15) is 30.9 Å². The van der Waals surface area contributed by atoms with Gasteiger partial charge < -0.3 is 29.2 Å². The lowest BCUT2D eigenvalue weighted by molar-refractivity contribution is -0.129. The molecule has 2 amide bonds. The molecule has 0 bridgehead atoms. The molecule has 2 heterocycles. The molecule has 0 aromatic heterocycles. The molecule has 8 nitrogen and oxygen atoms in total. The maximum absolute atomic E-state index is 13.2. The molecule has 0 unspecified atom stereocenters. The number of carbonyl (C=O) groups is 2. The van der Waals surface area contributed by atoms with Gasteiger partial charge in [0, 0.05) is 38.4 Å². The molecule has 8 heteroatoms. The molecule has 1 N–H and O–H groups in total. The summed E-state index contributed by atoms with van der Waals surface area (Å²) in [5, 5.41) is 3.01. The van der Waals surface area contributed by atoms with Gasteiger partial charge >= 0.3 is 0 Å². The zero-order chi connectivity index (χ0) is 22.5. The van der Waals surface area contributed by atoms with Crippen molar-refractivity contribution in [3.63, 3.8) is 0 Å². The maximum Gasteiger partial charge on any atom is 0.231 e. The van der Waals surface area contributed by atoms with Gasteiger partial charge in [0.05, 0.1) is 19.1 Å². The Morgan fingerprint density at radius 3 is 2.66 bits per heavy atom. The van der Waals surface area contributed by atoms with Crippen molar-refractivity contribution in [2.24, 2.45) is 5.92 Å². The number of hydrogen-bond donors (Lipinski definition) is 1. The quantitative estimate of drug-likeness (QED) is 0.635. The van der Waals surface area contributed by atoms with Gasteiger partial charge in [0.1, 0.15) is 5.75 Å². The minimum Gasteiger partial charge on any atom is -0.497 e. The van der Waals surface area contributed by atoms with Crippen LogP contribution in [0.3, 0.4) is 0 Å². The molecule has 2 aliphatic heterocycles. The van der Waals surface area contributed by atoms with E-state index in [0.717, 1.165) is 12.0 Å². The minimum atomic E-state index is -0.454. The number of carbonyl (C=O) groups excluding carboxylic acids is 2. The van der Waals surface area contributed by atoms with E-state index >= 15 is 0 Å². The van der Waals surface area contributed by atoms with Crippen molar-refractivity contribution in [3.05, 3.63) is 48.0 Å². The van der Waals surface area contributed by atoms with E-state index in [0.29, 0.717) is 42.5 Å². The predicted octanol–water partition coefficient (Wildman–Crippen LogP) is 3.06. The van der Waals surface area contributed by atoms with Crippen LogP contribution in [-0.4, -0.2) is 46.0 Å². The maximum atomic E-state index is 13.2.